The zero-order chi connectivity index (χ0) is 35.8. The summed E-state index contributed by atoms with van der Waals surface area (Å²) >= 11 is 0. The third kappa shape index (κ3) is 14.2. The van der Waals surface area contributed by atoms with Gasteiger partial charge in [-0.25, -0.2) is 9.97 Å². The molecule has 0 aliphatic heterocycles. The second-order valence-corrected chi connectivity index (χ2v) is 12.5. The Labute approximate surface area is 279 Å². The summed E-state index contributed by atoms with van der Waals surface area (Å²) in [4.78, 5) is 83.7. The second-order valence-electron chi connectivity index (χ2n) is 12.5. The molecule has 0 bridgehead atoms. The SMILES string of the molecule is CC(C)C[C@H](NC(=O)[C@H](Cc1cnc[nH]1)NC(=O)[C@H](CCCN=C(N)N)NC(=O)[C@H](Cc1cnc[nH]1)NC(=O)[C@@H](N)CC(C)C)C(N)=O. The first kappa shape index (κ1) is 39.2. The van der Waals surface area contributed by atoms with Gasteiger partial charge in [-0.2, -0.15) is 0 Å². The maximum absolute atomic E-state index is 13.8. The number of hydrogen-bond acceptors (Lipinski definition) is 9. The van der Waals surface area contributed by atoms with E-state index in [2.05, 4.69) is 46.2 Å². The molecule has 0 radical (unpaired) electrons. The average Bonchev–Trinajstić information content (AvgIpc) is 3.71. The molecular weight excluding hydrogens is 622 g/mol. The van der Waals surface area contributed by atoms with Crippen LogP contribution in [0, 0.1) is 11.8 Å². The van der Waals surface area contributed by atoms with Crippen LogP contribution < -0.4 is 44.2 Å². The van der Waals surface area contributed by atoms with Gasteiger partial charge in [-0.3, -0.25) is 29.0 Å². The van der Waals surface area contributed by atoms with Crippen molar-refractivity contribution in [1.29, 1.82) is 0 Å². The molecule has 2 heterocycles. The van der Waals surface area contributed by atoms with Crippen molar-refractivity contribution in [2.45, 2.75) is 96.4 Å². The quantitative estimate of drug-likeness (QED) is 0.0388. The number of aromatic nitrogens is 4. The van der Waals surface area contributed by atoms with E-state index in [0.29, 0.717) is 24.2 Å². The number of guanidine groups is 1. The van der Waals surface area contributed by atoms with E-state index in [1.165, 1.54) is 25.0 Å². The number of aliphatic imine (C=N–C) groups is 1. The molecule has 0 aliphatic rings. The number of hydrogen-bond donors (Lipinski definition) is 10. The topological polar surface area (TPSA) is 307 Å². The molecule has 5 amide bonds. The maximum Gasteiger partial charge on any atom is 0.243 e. The van der Waals surface area contributed by atoms with Gasteiger partial charge in [0.1, 0.15) is 24.2 Å². The summed E-state index contributed by atoms with van der Waals surface area (Å²) in [6.45, 7) is 7.76. The number of imidazole rings is 2. The van der Waals surface area contributed by atoms with E-state index < -0.39 is 59.7 Å². The Morgan fingerprint density at radius 2 is 1.17 bits per heavy atom. The highest BCUT2D eigenvalue weighted by Crippen LogP contribution is 2.09. The highest BCUT2D eigenvalue weighted by Gasteiger charge is 2.32. The summed E-state index contributed by atoms with van der Waals surface area (Å²) in [5.74, 6) is -3.22. The number of nitrogens with two attached hydrogens (primary N) is 4. The molecule has 0 fully saturated rings. The van der Waals surface area contributed by atoms with Crippen LogP contribution >= 0.6 is 0 Å². The summed E-state index contributed by atoms with van der Waals surface area (Å²) in [7, 11) is 0. The van der Waals surface area contributed by atoms with Gasteiger partial charge in [0.05, 0.1) is 18.7 Å². The lowest BCUT2D eigenvalue weighted by Gasteiger charge is -2.27. The average molecular weight is 674 g/mol. The third-order valence-electron chi connectivity index (χ3n) is 7.23. The summed E-state index contributed by atoms with van der Waals surface area (Å²) in [6, 6.07) is -5.32. The van der Waals surface area contributed by atoms with E-state index in [0.717, 1.165) is 0 Å². The molecule has 18 nitrogen and oxygen atoms in total. The van der Waals surface area contributed by atoms with Crippen molar-refractivity contribution in [2.24, 2.45) is 39.8 Å². The predicted octanol–water partition coefficient (Wildman–Crippen LogP) is -2.18. The highest BCUT2D eigenvalue weighted by molar-refractivity contribution is 5.96. The normalized spacial score (nSPS) is 14.3. The van der Waals surface area contributed by atoms with Crippen LogP contribution in [0.1, 0.15) is 64.8 Å². The van der Waals surface area contributed by atoms with E-state index in [-0.39, 0.29) is 50.0 Å². The first-order valence-corrected chi connectivity index (χ1v) is 15.9. The van der Waals surface area contributed by atoms with Gasteiger partial charge in [-0.1, -0.05) is 27.7 Å². The Morgan fingerprint density at radius 1 is 0.708 bits per heavy atom. The Bertz CT molecular complexity index is 1340. The fourth-order valence-electron chi connectivity index (χ4n) is 4.85. The Morgan fingerprint density at radius 3 is 1.60 bits per heavy atom. The molecule has 14 N–H and O–H groups in total. The van der Waals surface area contributed by atoms with Crippen molar-refractivity contribution in [3.63, 3.8) is 0 Å². The molecule has 266 valence electrons. The van der Waals surface area contributed by atoms with Crippen molar-refractivity contribution in [3.8, 4) is 0 Å². The Balaban J connectivity index is 2.33. The van der Waals surface area contributed by atoms with E-state index in [9.17, 15) is 24.0 Å². The zero-order valence-electron chi connectivity index (χ0n) is 28.0. The molecular formula is C30H51N13O5. The largest absolute Gasteiger partial charge is 0.370 e. The van der Waals surface area contributed by atoms with Crippen LogP contribution in [0.2, 0.25) is 0 Å². The standard InChI is InChI=1S/C30H51N13O5/c1-16(2)8-20(31)26(45)42-23(10-18-12-35-14-38-18)28(47)40-21(6-5-7-37-30(33)34)27(46)43-24(11-19-13-36-15-39-19)29(48)41-22(25(32)44)9-17(3)4/h12-17,20-24H,5-11,31H2,1-4H3,(H2,32,44)(H,35,38)(H,36,39)(H,40,47)(H,41,48)(H,42,45)(H,43,46)(H4,33,34,37)/t20-,21-,22-,23-,24-/m0/s1. The summed E-state index contributed by atoms with van der Waals surface area (Å²) in [5, 5.41) is 10.7. The van der Waals surface area contributed by atoms with E-state index >= 15 is 0 Å². The number of rotatable bonds is 21. The number of carbonyl (C=O) groups is 5. The number of H-pyrrole nitrogens is 2. The van der Waals surface area contributed by atoms with Crippen LogP contribution in [-0.2, 0) is 36.8 Å². The molecule has 2 rings (SSSR count). The molecule has 0 aromatic carbocycles. The number of nitrogens with zero attached hydrogens (tertiary/aromatic N) is 3. The van der Waals surface area contributed by atoms with E-state index in [4.69, 9.17) is 22.9 Å². The monoisotopic (exact) mass is 673 g/mol. The van der Waals surface area contributed by atoms with Crippen LogP contribution in [0.4, 0.5) is 0 Å². The number of primary amides is 1. The second kappa shape index (κ2) is 19.6. The smallest absolute Gasteiger partial charge is 0.243 e. The number of carbonyl (C=O) groups excluding carboxylic acids is 5. The Hall–Kier alpha value is -5.00. The first-order valence-electron chi connectivity index (χ1n) is 15.9. The van der Waals surface area contributed by atoms with Gasteiger partial charge in [0.2, 0.25) is 29.5 Å². The van der Waals surface area contributed by atoms with Gasteiger partial charge in [-0.05, 0) is 37.5 Å². The van der Waals surface area contributed by atoms with Gasteiger partial charge in [0, 0.05) is 43.2 Å². The number of aromatic amines is 2. The van der Waals surface area contributed by atoms with Gasteiger partial charge in [0.25, 0.3) is 0 Å². The van der Waals surface area contributed by atoms with Gasteiger partial charge < -0.3 is 54.2 Å². The molecule has 5 atom stereocenters. The highest BCUT2D eigenvalue weighted by atomic mass is 16.2. The first-order chi connectivity index (χ1) is 22.7. The molecule has 0 saturated heterocycles. The zero-order valence-corrected chi connectivity index (χ0v) is 28.0. The summed E-state index contributed by atoms with van der Waals surface area (Å²) in [5.41, 5.74) is 23.6. The maximum atomic E-state index is 13.8. The molecule has 18 heteroatoms. The van der Waals surface area contributed by atoms with Gasteiger partial charge >= 0.3 is 0 Å². The lowest BCUT2D eigenvalue weighted by Crippen LogP contribution is -2.59. The van der Waals surface area contributed by atoms with Crippen LogP contribution in [-0.4, -0.2) is 92.2 Å². The molecule has 0 unspecified atom stereocenters. The van der Waals surface area contributed by atoms with Crippen LogP contribution in [0.15, 0.2) is 30.0 Å². The molecule has 0 saturated carbocycles. The minimum absolute atomic E-state index is 0.00829. The minimum atomic E-state index is -1.18. The van der Waals surface area contributed by atoms with E-state index in [1.54, 1.807) is 0 Å². The molecule has 0 aliphatic carbocycles. The van der Waals surface area contributed by atoms with Gasteiger partial charge in [-0.15, -0.1) is 0 Å². The number of amides is 5. The summed E-state index contributed by atoms with van der Waals surface area (Å²) < 4.78 is 0. The molecule has 0 spiro atoms. The van der Waals surface area contributed by atoms with Crippen LogP contribution in [0.25, 0.3) is 0 Å². The molecule has 2 aromatic heterocycles. The van der Waals surface area contributed by atoms with Gasteiger partial charge in [0.15, 0.2) is 5.96 Å². The minimum Gasteiger partial charge on any atom is -0.370 e. The van der Waals surface area contributed by atoms with Crippen LogP contribution in [0.5, 0.6) is 0 Å². The fraction of sp³-hybridized carbons (Fsp3) is 0.600. The van der Waals surface area contributed by atoms with Crippen molar-refractivity contribution in [1.82, 2.24) is 41.2 Å². The number of nitrogens with one attached hydrogen (secondary N) is 6. The fourth-order valence-corrected chi connectivity index (χ4v) is 4.85. The summed E-state index contributed by atoms with van der Waals surface area (Å²) in [6.07, 6.45) is 6.92. The van der Waals surface area contributed by atoms with Crippen molar-refractivity contribution in [3.05, 3.63) is 36.4 Å². The third-order valence-corrected chi connectivity index (χ3v) is 7.23. The van der Waals surface area contributed by atoms with Crippen LogP contribution in [0.3, 0.4) is 0 Å². The molecule has 2 aromatic rings. The predicted molar refractivity (Wildman–Crippen MR) is 178 cm³/mol. The lowest BCUT2D eigenvalue weighted by atomic mass is 10.0. The lowest BCUT2D eigenvalue weighted by molar-refractivity contribution is -0.134. The van der Waals surface area contributed by atoms with Crippen molar-refractivity contribution >= 4 is 35.5 Å². The van der Waals surface area contributed by atoms with Crippen molar-refractivity contribution in [2.75, 3.05) is 6.54 Å². The molecule has 48 heavy (non-hydrogen) atoms. The van der Waals surface area contributed by atoms with E-state index in [1.807, 2.05) is 27.7 Å². The van der Waals surface area contributed by atoms with Crippen molar-refractivity contribution < 1.29 is 24.0 Å². The Kier molecular flexibility index (Phi) is 16.0.